The van der Waals surface area contributed by atoms with Gasteiger partial charge in [0.25, 0.3) is 5.91 Å². The number of hydrogen-bond acceptors (Lipinski definition) is 7. The van der Waals surface area contributed by atoms with Gasteiger partial charge in [0.05, 0.1) is 31.4 Å². The molecule has 0 bridgehead atoms. The molecule has 3 rings (SSSR count). The van der Waals surface area contributed by atoms with Crippen LogP contribution in [0, 0.1) is 0 Å². The molecule has 156 valence electrons. The van der Waals surface area contributed by atoms with Crippen molar-refractivity contribution in [3.8, 4) is 5.75 Å². The Morgan fingerprint density at radius 2 is 2.10 bits per heavy atom. The van der Waals surface area contributed by atoms with Crippen LogP contribution >= 0.6 is 11.8 Å². The minimum Gasteiger partial charge on any atom is -0.495 e. The number of methoxy groups -OCH3 is 1. The second-order valence-corrected chi connectivity index (χ2v) is 6.94. The molecule has 0 atom stereocenters. The maximum Gasteiger partial charge on any atom is 0.287 e. The summed E-state index contributed by atoms with van der Waals surface area (Å²) in [6.45, 7) is 4.34. The van der Waals surface area contributed by atoms with E-state index < -0.39 is 0 Å². The van der Waals surface area contributed by atoms with Crippen LogP contribution in [0.1, 0.15) is 16.4 Å². The third-order valence-corrected chi connectivity index (χ3v) is 4.94. The summed E-state index contributed by atoms with van der Waals surface area (Å²) >= 11 is 1.24. The summed E-state index contributed by atoms with van der Waals surface area (Å²) in [5.74, 6) is 0.922. The molecule has 2 heterocycles. The smallest absolute Gasteiger partial charge is 0.287 e. The minimum absolute atomic E-state index is 0.131. The van der Waals surface area contributed by atoms with Gasteiger partial charge in [-0.15, -0.1) is 16.8 Å². The zero-order chi connectivity index (χ0) is 21.3. The fourth-order valence-electron chi connectivity index (χ4n) is 2.59. The molecule has 3 aromatic rings. The Kier molecular flexibility index (Phi) is 7.28. The lowest BCUT2D eigenvalue weighted by Gasteiger charge is -2.10. The SMILES string of the molecule is C=CCn1c(CNC(=O)c2ccco2)nnc1SCC(=O)Nc1ccccc1OC. The highest BCUT2D eigenvalue weighted by Crippen LogP contribution is 2.24. The van der Waals surface area contributed by atoms with Crippen LogP contribution in [-0.4, -0.2) is 39.4 Å². The average Bonchev–Trinajstić information content (AvgIpc) is 3.42. The summed E-state index contributed by atoms with van der Waals surface area (Å²) < 4.78 is 12.1. The maximum absolute atomic E-state index is 12.3. The maximum atomic E-state index is 12.3. The van der Waals surface area contributed by atoms with Gasteiger partial charge >= 0.3 is 0 Å². The summed E-state index contributed by atoms with van der Waals surface area (Å²) in [5.41, 5.74) is 0.597. The Bertz CT molecular complexity index is 1020. The van der Waals surface area contributed by atoms with Crippen LogP contribution in [-0.2, 0) is 17.9 Å². The molecule has 0 radical (unpaired) electrons. The number of thioether (sulfide) groups is 1. The lowest BCUT2D eigenvalue weighted by atomic mass is 10.3. The van der Waals surface area contributed by atoms with Crippen LogP contribution in [0.25, 0.3) is 0 Å². The number of nitrogens with one attached hydrogen (secondary N) is 2. The lowest BCUT2D eigenvalue weighted by Crippen LogP contribution is -2.24. The first-order valence-corrected chi connectivity index (χ1v) is 10.0. The normalized spacial score (nSPS) is 10.4. The standard InChI is InChI=1S/C20H21N5O4S/c1-3-10-25-17(12-21-19(27)16-9-6-11-29-16)23-24-20(25)30-13-18(26)22-14-7-4-5-8-15(14)28-2/h3-9,11H,1,10,12-13H2,2H3,(H,21,27)(H,22,26). The van der Waals surface area contributed by atoms with Crippen LogP contribution in [0.3, 0.4) is 0 Å². The molecule has 2 aromatic heterocycles. The highest BCUT2D eigenvalue weighted by Gasteiger charge is 2.16. The number of rotatable bonds is 10. The second kappa shape index (κ2) is 10.3. The molecule has 9 nitrogen and oxygen atoms in total. The number of benzene rings is 1. The van der Waals surface area contributed by atoms with Crippen molar-refractivity contribution in [2.24, 2.45) is 0 Å². The van der Waals surface area contributed by atoms with E-state index in [4.69, 9.17) is 9.15 Å². The van der Waals surface area contributed by atoms with Gasteiger partial charge in [0.15, 0.2) is 16.7 Å². The van der Waals surface area contributed by atoms with Gasteiger partial charge in [-0.2, -0.15) is 0 Å². The van der Waals surface area contributed by atoms with Crippen LogP contribution in [0.15, 0.2) is 64.9 Å². The zero-order valence-electron chi connectivity index (χ0n) is 16.3. The molecule has 0 aliphatic heterocycles. The van der Waals surface area contributed by atoms with Gasteiger partial charge in [-0.25, -0.2) is 0 Å². The van der Waals surface area contributed by atoms with E-state index in [0.717, 1.165) is 0 Å². The van der Waals surface area contributed by atoms with Crippen LogP contribution < -0.4 is 15.4 Å². The molecule has 0 unspecified atom stereocenters. The van der Waals surface area contributed by atoms with Gasteiger partial charge in [0.2, 0.25) is 5.91 Å². The highest BCUT2D eigenvalue weighted by molar-refractivity contribution is 7.99. The minimum atomic E-state index is -0.349. The van der Waals surface area contributed by atoms with E-state index in [9.17, 15) is 9.59 Å². The van der Waals surface area contributed by atoms with Gasteiger partial charge in [-0.3, -0.25) is 9.59 Å². The molecule has 2 amide bonds. The monoisotopic (exact) mass is 427 g/mol. The van der Waals surface area contributed by atoms with Gasteiger partial charge in [-0.05, 0) is 24.3 Å². The molecule has 10 heteroatoms. The molecular weight excluding hydrogens is 406 g/mol. The van der Waals surface area contributed by atoms with Crippen LogP contribution in [0.2, 0.25) is 0 Å². The topological polar surface area (TPSA) is 111 Å². The number of hydrogen-bond donors (Lipinski definition) is 2. The number of ether oxygens (including phenoxy) is 1. The molecule has 0 fully saturated rings. The Labute approximate surface area is 177 Å². The summed E-state index contributed by atoms with van der Waals surface area (Å²) in [5, 5.41) is 14.4. The molecular formula is C20H21N5O4S. The van der Waals surface area contributed by atoms with E-state index in [1.807, 2.05) is 12.1 Å². The number of carbonyl (C=O) groups is 2. The molecule has 30 heavy (non-hydrogen) atoms. The number of aromatic nitrogens is 3. The van der Waals surface area contributed by atoms with Crippen molar-refractivity contribution in [1.82, 2.24) is 20.1 Å². The predicted molar refractivity (Wildman–Crippen MR) is 112 cm³/mol. The van der Waals surface area contributed by atoms with E-state index >= 15 is 0 Å². The van der Waals surface area contributed by atoms with Gasteiger partial charge in [0.1, 0.15) is 5.75 Å². The number of allylic oxidation sites excluding steroid dienone is 1. The average molecular weight is 427 g/mol. The number of amides is 2. The fourth-order valence-corrected chi connectivity index (χ4v) is 3.35. The number of carbonyl (C=O) groups excluding carboxylic acids is 2. The quantitative estimate of drug-likeness (QED) is 0.378. The van der Waals surface area contributed by atoms with Gasteiger partial charge in [-0.1, -0.05) is 30.0 Å². The summed E-state index contributed by atoms with van der Waals surface area (Å²) in [6, 6.07) is 10.4. The predicted octanol–water partition coefficient (Wildman–Crippen LogP) is 2.73. The van der Waals surface area contributed by atoms with E-state index in [2.05, 4.69) is 27.4 Å². The molecule has 0 saturated carbocycles. The number of nitrogens with zero attached hydrogens (tertiary/aromatic N) is 3. The van der Waals surface area contributed by atoms with Crippen molar-refractivity contribution < 1.29 is 18.7 Å². The Balaban J connectivity index is 1.60. The lowest BCUT2D eigenvalue weighted by molar-refractivity contribution is -0.113. The Morgan fingerprint density at radius 3 is 2.83 bits per heavy atom. The Morgan fingerprint density at radius 1 is 1.27 bits per heavy atom. The number of furan rings is 1. The summed E-state index contributed by atoms with van der Waals surface area (Å²) in [6.07, 6.45) is 3.13. The van der Waals surface area contributed by atoms with Crippen LogP contribution in [0.4, 0.5) is 5.69 Å². The molecule has 0 aliphatic rings. The third kappa shape index (κ3) is 5.29. The molecule has 2 N–H and O–H groups in total. The number of para-hydroxylation sites is 2. The molecule has 0 saturated heterocycles. The van der Waals surface area contributed by atoms with Crippen molar-refractivity contribution >= 4 is 29.3 Å². The summed E-state index contributed by atoms with van der Waals surface area (Å²) in [4.78, 5) is 24.4. The first-order chi connectivity index (χ1) is 14.6. The Hall–Kier alpha value is -3.53. The fraction of sp³-hybridized carbons (Fsp3) is 0.200. The van der Waals surface area contributed by atoms with Crippen LogP contribution in [0.5, 0.6) is 5.75 Å². The van der Waals surface area contributed by atoms with Crippen molar-refractivity contribution in [1.29, 1.82) is 0 Å². The van der Waals surface area contributed by atoms with E-state index in [1.165, 1.54) is 18.0 Å². The molecule has 1 aromatic carbocycles. The second-order valence-electron chi connectivity index (χ2n) is 6.00. The summed E-state index contributed by atoms with van der Waals surface area (Å²) in [7, 11) is 1.55. The zero-order valence-corrected chi connectivity index (χ0v) is 17.1. The highest BCUT2D eigenvalue weighted by atomic mass is 32.2. The molecule has 0 spiro atoms. The van der Waals surface area contributed by atoms with Crippen molar-refractivity contribution in [3.05, 3.63) is 66.9 Å². The van der Waals surface area contributed by atoms with Crippen molar-refractivity contribution in [2.45, 2.75) is 18.2 Å². The largest absolute Gasteiger partial charge is 0.495 e. The van der Waals surface area contributed by atoms with E-state index in [1.54, 1.807) is 42.0 Å². The first kappa shape index (κ1) is 21.2. The van der Waals surface area contributed by atoms with Crippen molar-refractivity contribution in [2.75, 3.05) is 18.2 Å². The first-order valence-electron chi connectivity index (χ1n) is 9.02. The molecule has 0 aliphatic carbocycles. The van der Waals surface area contributed by atoms with E-state index in [0.29, 0.717) is 29.0 Å². The van der Waals surface area contributed by atoms with Gasteiger partial charge < -0.3 is 24.4 Å². The number of anilines is 1. The van der Waals surface area contributed by atoms with Gasteiger partial charge in [0, 0.05) is 6.54 Å². The van der Waals surface area contributed by atoms with Crippen molar-refractivity contribution in [3.63, 3.8) is 0 Å². The third-order valence-electron chi connectivity index (χ3n) is 3.97. The van der Waals surface area contributed by atoms with E-state index in [-0.39, 0.29) is 29.9 Å².